The molecule has 0 fully saturated rings. The van der Waals surface area contributed by atoms with Crippen LogP contribution in [0.2, 0.25) is 0 Å². The smallest absolute Gasteiger partial charge is 0.338 e. The van der Waals surface area contributed by atoms with Crippen molar-refractivity contribution >= 4 is 34.7 Å². The molecule has 10 nitrogen and oxygen atoms in total. The van der Waals surface area contributed by atoms with Crippen LogP contribution in [0.3, 0.4) is 0 Å². The Hall–Kier alpha value is -3.79. The number of hydrogen-bond donors (Lipinski definition) is 2. The lowest BCUT2D eigenvalue weighted by molar-refractivity contribution is -0.384. The predicted molar refractivity (Wildman–Crippen MR) is 109 cm³/mol. The zero-order chi connectivity index (χ0) is 22.1. The van der Waals surface area contributed by atoms with E-state index >= 15 is 0 Å². The van der Waals surface area contributed by atoms with Gasteiger partial charge in [-0.1, -0.05) is 0 Å². The average molecular weight is 415 g/mol. The van der Waals surface area contributed by atoms with Crippen LogP contribution >= 0.6 is 0 Å². The molecule has 0 bridgehead atoms. The van der Waals surface area contributed by atoms with Gasteiger partial charge in [0.1, 0.15) is 5.69 Å². The summed E-state index contributed by atoms with van der Waals surface area (Å²) in [6, 6.07) is 10.1. The van der Waals surface area contributed by atoms with E-state index in [9.17, 15) is 24.5 Å². The van der Waals surface area contributed by atoms with E-state index < -0.39 is 23.4 Å². The number of carbonyl (C=O) groups excluding carboxylic acids is 3. The maximum absolute atomic E-state index is 12.2. The molecule has 2 rings (SSSR count). The zero-order valence-corrected chi connectivity index (χ0v) is 16.5. The second-order valence-corrected chi connectivity index (χ2v) is 6.17. The number of ketones is 1. The van der Waals surface area contributed by atoms with Crippen LogP contribution in [0.1, 0.15) is 27.6 Å². The van der Waals surface area contributed by atoms with Crippen molar-refractivity contribution in [2.75, 3.05) is 37.5 Å². The Labute approximate surface area is 172 Å². The van der Waals surface area contributed by atoms with Crippen LogP contribution in [0.4, 0.5) is 17.1 Å². The van der Waals surface area contributed by atoms with E-state index in [1.165, 1.54) is 26.2 Å². The molecule has 0 radical (unpaired) electrons. The minimum atomic E-state index is -0.872. The fourth-order valence-corrected chi connectivity index (χ4v) is 2.45. The van der Waals surface area contributed by atoms with E-state index in [4.69, 9.17) is 9.47 Å². The van der Waals surface area contributed by atoms with Gasteiger partial charge in [-0.2, -0.15) is 0 Å². The van der Waals surface area contributed by atoms with Crippen molar-refractivity contribution < 1.29 is 28.8 Å². The average Bonchev–Trinajstić information content (AvgIpc) is 2.72. The summed E-state index contributed by atoms with van der Waals surface area (Å²) in [5.41, 5.74) is 0.817. The summed E-state index contributed by atoms with van der Waals surface area (Å²) in [4.78, 5) is 46.0. The van der Waals surface area contributed by atoms with Crippen molar-refractivity contribution in [1.29, 1.82) is 0 Å². The second-order valence-electron chi connectivity index (χ2n) is 6.17. The van der Waals surface area contributed by atoms with Gasteiger partial charge in [0.25, 0.3) is 11.6 Å². The Morgan fingerprint density at radius 3 is 2.33 bits per heavy atom. The number of benzene rings is 2. The highest BCUT2D eigenvalue weighted by atomic mass is 16.6. The van der Waals surface area contributed by atoms with Crippen LogP contribution in [0.15, 0.2) is 42.5 Å². The van der Waals surface area contributed by atoms with Gasteiger partial charge >= 0.3 is 5.97 Å². The molecule has 0 aliphatic carbocycles. The summed E-state index contributed by atoms with van der Waals surface area (Å²) < 4.78 is 9.81. The lowest BCUT2D eigenvalue weighted by Crippen LogP contribution is -2.21. The number of anilines is 2. The molecule has 0 atom stereocenters. The van der Waals surface area contributed by atoms with E-state index in [1.807, 2.05) is 0 Å². The van der Waals surface area contributed by atoms with Crippen molar-refractivity contribution in [2.45, 2.75) is 6.92 Å². The number of ether oxygens (including phenoxy) is 2. The molecule has 2 aromatic carbocycles. The number of nitrogens with zero attached hydrogens (tertiary/aromatic N) is 1. The molecule has 30 heavy (non-hydrogen) atoms. The molecule has 0 unspecified atom stereocenters. The number of hydrogen-bond acceptors (Lipinski definition) is 8. The van der Waals surface area contributed by atoms with Gasteiger partial charge < -0.3 is 20.1 Å². The molecule has 0 aromatic heterocycles. The molecule has 1 amide bonds. The van der Waals surface area contributed by atoms with Crippen LogP contribution < -0.4 is 10.6 Å². The molecule has 0 aliphatic heterocycles. The molecule has 10 heteroatoms. The molecule has 2 N–H and O–H groups in total. The molecule has 0 aliphatic rings. The van der Waals surface area contributed by atoms with E-state index in [0.717, 1.165) is 6.07 Å². The fourth-order valence-electron chi connectivity index (χ4n) is 2.45. The number of nitro benzene ring substituents is 1. The molecule has 0 heterocycles. The normalized spacial score (nSPS) is 10.2. The first kappa shape index (κ1) is 22.5. The Kier molecular flexibility index (Phi) is 8.00. The highest BCUT2D eigenvalue weighted by Gasteiger charge is 2.19. The van der Waals surface area contributed by atoms with Gasteiger partial charge in [0.15, 0.2) is 12.4 Å². The molecular weight excluding hydrogens is 394 g/mol. The topological polar surface area (TPSA) is 137 Å². The van der Waals surface area contributed by atoms with Gasteiger partial charge in [-0.05, 0) is 43.3 Å². The molecule has 0 saturated heterocycles. The number of carbonyl (C=O) groups is 3. The first-order valence-electron chi connectivity index (χ1n) is 8.91. The number of rotatable bonds is 10. The quantitative estimate of drug-likeness (QED) is 0.199. The van der Waals surface area contributed by atoms with Crippen molar-refractivity contribution in [3.05, 3.63) is 63.7 Å². The van der Waals surface area contributed by atoms with Crippen LogP contribution in [0.25, 0.3) is 0 Å². The maximum atomic E-state index is 12.2. The second kappa shape index (κ2) is 10.7. The summed E-state index contributed by atoms with van der Waals surface area (Å²) in [6.45, 7) is 1.57. The lowest BCUT2D eigenvalue weighted by Gasteiger charge is -2.09. The summed E-state index contributed by atoms with van der Waals surface area (Å²) in [6.07, 6.45) is 0. The number of esters is 1. The first-order chi connectivity index (χ1) is 14.3. The molecule has 2 aromatic rings. The van der Waals surface area contributed by atoms with Crippen molar-refractivity contribution in [1.82, 2.24) is 0 Å². The maximum Gasteiger partial charge on any atom is 0.338 e. The Morgan fingerprint density at radius 1 is 1.07 bits per heavy atom. The van der Waals surface area contributed by atoms with E-state index in [2.05, 4.69) is 10.6 Å². The zero-order valence-electron chi connectivity index (χ0n) is 16.5. The third kappa shape index (κ3) is 6.38. The standard InChI is InChI=1S/C20H21N3O7/c1-13(24)14-3-6-16(7-4-14)22-19(25)12-30-20(26)15-5-8-17(21-9-10-29-2)18(11-15)23(27)28/h3-8,11,21H,9-10,12H2,1-2H3,(H,22,25). The van der Waals surface area contributed by atoms with E-state index in [-0.39, 0.29) is 22.7 Å². The van der Waals surface area contributed by atoms with Crippen molar-refractivity contribution in [3.8, 4) is 0 Å². The van der Waals surface area contributed by atoms with Crippen LogP contribution in [0, 0.1) is 10.1 Å². The molecule has 0 saturated carbocycles. The van der Waals surface area contributed by atoms with Gasteiger partial charge in [0.2, 0.25) is 0 Å². The van der Waals surface area contributed by atoms with Gasteiger partial charge in [-0.15, -0.1) is 0 Å². The fraction of sp³-hybridized carbons (Fsp3) is 0.250. The van der Waals surface area contributed by atoms with Crippen LogP contribution in [0.5, 0.6) is 0 Å². The summed E-state index contributed by atoms with van der Waals surface area (Å²) in [5.74, 6) is -1.56. The monoisotopic (exact) mass is 415 g/mol. The third-order valence-corrected chi connectivity index (χ3v) is 3.96. The van der Waals surface area contributed by atoms with Crippen molar-refractivity contribution in [3.63, 3.8) is 0 Å². The molecular formula is C20H21N3O7. The van der Waals surface area contributed by atoms with Crippen LogP contribution in [-0.4, -0.2) is 49.5 Å². The number of nitro groups is 1. The van der Waals surface area contributed by atoms with Crippen LogP contribution in [-0.2, 0) is 14.3 Å². The molecule has 158 valence electrons. The number of methoxy groups -OCH3 is 1. The summed E-state index contributed by atoms with van der Waals surface area (Å²) in [5, 5.41) is 16.6. The van der Waals surface area contributed by atoms with Gasteiger partial charge in [0, 0.05) is 31.0 Å². The van der Waals surface area contributed by atoms with Crippen molar-refractivity contribution in [2.24, 2.45) is 0 Å². The van der Waals surface area contributed by atoms with E-state index in [1.54, 1.807) is 24.3 Å². The summed E-state index contributed by atoms with van der Waals surface area (Å²) >= 11 is 0. The SMILES string of the molecule is COCCNc1ccc(C(=O)OCC(=O)Nc2ccc(C(C)=O)cc2)cc1[N+](=O)[O-]. The minimum Gasteiger partial charge on any atom is -0.452 e. The summed E-state index contributed by atoms with van der Waals surface area (Å²) in [7, 11) is 1.51. The minimum absolute atomic E-state index is 0.0578. The first-order valence-corrected chi connectivity index (χ1v) is 8.91. The van der Waals surface area contributed by atoms with Gasteiger partial charge in [-0.25, -0.2) is 4.79 Å². The number of Topliss-reactive ketones (excluding diaryl/α,β-unsaturated/α-hetero) is 1. The van der Waals surface area contributed by atoms with E-state index in [0.29, 0.717) is 24.4 Å². The number of nitrogens with one attached hydrogen (secondary N) is 2. The third-order valence-electron chi connectivity index (χ3n) is 3.96. The highest BCUT2D eigenvalue weighted by molar-refractivity contribution is 5.97. The largest absolute Gasteiger partial charge is 0.452 e. The van der Waals surface area contributed by atoms with Gasteiger partial charge in [0.05, 0.1) is 17.1 Å². The Morgan fingerprint density at radius 2 is 1.73 bits per heavy atom. The Balaban J connectivity index is 1.96. The lowest BCUT2D eigenvalue weighted by atomic mass is 10.1. The number of amides is 1. The molecule has 0 spiro atoms. The highest BCUT2D eigenvalue weighted by Crippen LogP contribution is 2.25. The predicted octanol–water partition coefficient (Wildman–Crippen LogP) is 2.65. The van der Waals surface area contributed by atoms with Gasteiger partial charge in [-0.3, -0.25) is 19.7 Å². The Bertz CT molecular complexity index is 942.